The minimum Gasteiger partial charge on any atom is -0.497 e. The Morgan fingerprint density at radius 1 is 1.19 bits per heavy atom. The third-order valence-electron chi connectivity index (χ3n) is 3.56. The highest BCUT2D eigenvalue weighted by Gasteiger charge is 2.10. The fourth-order valence-corrected chi connectivity index (χ4v) is 2.32. The van der Waals surface area contributed by atoms with E-state index in [9.17, 15) is 4.79 Å². The molecule has 3 rings (SSSR count). The molecule has 1 amide bonds. The zero-order valence-corrected chi connectivity index (χ0v) is 14.7. The number of rotatable bonds is 8. The van der Waals surface area contributed by atoms with Crippen LogP contribution in [0.1, 0.15) is 0 Å². The van der Waals surface area contributed by atoms with Crippen LogP contribution in [0, 0.1) is 0 Å². The van der Waals surface area contributed by atoms with Crippen LogP contribution in [-0.4, -0.2) is 51.5 Å². The number of hydrogen-bond acceptors (Lipinski definition) is 7. The molecule has 0 unspecified atom stereocenters. The Labute approximate surface area is 155 Å². The van der Waals surface area contributed by atoms with Crippen molar-refractivity contribution >= 4 is 11.6 Å². The van der Waals surface area contributed by atoms with Gasteiger partial charge in [0.2, 0.25) is 11.7 Å². The normalized spacial score (nSPS) is 10.4. The predicted molar refractivity (Wildman–Crippen MR) is 97.5 cm³/mol. The third kappa shape index (κ3) is 5.02. The lowest BCUT2D eigenvalue weighted by Crippen LogP contribution is -2.20. The second-order valence-electron chi connectivity index (χ2n) is 5.52. The minimum atomic E-state index is -0.278. The van der Waals surface area contributed by atoms with E-state index in [4.69, 9.17) is 14.6 Å². The zero-order valence-electron chi connectivity index (χ0n) is 14.7. The number of anilines is 1. The van der Waals surface area contributed by atoms with Gasteiger partial charge in [-0.25, -0.2) is 0 Å². The van der Waals surface area contributed by atoms with Crippen LogP contribution < -0.4 is 14.8 Å². The summed E-state index contributed by atoms with van der Waals surface area (Å²) in [6.07, 6.45) is 0. The summed E-state index contributed by atoms with van der Waals surface area (Å²) in [5.41, 5.74) is 1.36. The lowest BCUT2D eigenvalue weighted by atomic mass is 10.2. The molecule has 27 heavy (non-hydrogen) atoms. The van der Waals surface area contributed by atoms with E-state index in [1.54, 1.807) is 55.6 Å². The summed E-state index contributed by atoms with van der Waals surface area (Å²) in [6, 6.07) is 14.1. The van der Waals surface area contributed by atoms with Gasteiger partial charge >= 0.3 is 0 Å². The number of hydrogen-bond donors (Lipinski definition) is 2. The zero-order chi connectivity index (χ0) is 19.1. The molecule has 9 heteroatoms. The van der Waals surface area contributed by atoms with Gasteiger partial charge in [-0.1, -0.05) is 6.07 Å². The molecule has 1 heterocycles. The number of tetrazole rings is 1. The van der Waals surface area contributed by atoms with E-state index in [1.807, 2.05) is 0 Å². The lowest BCUT2D eigenvalue weighted by Gasteiger charge is -2.06. The summed E-state index contributed by atoms with van der Waals surface area (Å²) in [4.78, 5) is 13.4. The van der Waals surface area contributed by atoms with Gasteiger partial charge in [0.05, 0.1) is 13.7 Å². The van der Waals surface area contributed by atoms with E-state index in [2.05, 4.69) is 20.7 Å². The average molecular weight is 369 g/mol. The number of carbonyl (C=O) groups excluding carboxylic acids is 1. The molecular weight excluding hydrogens is 350 g/mol. The molecule has 0 fully saturated rings. The van der Waals surface area contributed by atoms with Crippen molar-refractivity contribution in [2.24, 2.45) is 0 Å². The van der Waals surface area contributed by atoms with E-state index in [0.717, 1.165) is 5.56 Å². The predicted octanol–water partition coefficient (Wildman–Crippen LogP) is 1.36. The van der Waals surface area contributed by atoms with Crippen LogP contribution >= 0.6 is 0 Å². The van der Waals surface area contributed by atoms with Crippen LogP contribution in [0.15, 0.2) is 48.5 Å². The quantitative estimate of drug-likeness (QED) is 0.616. The molecule has 0 radical (unpaired) electrons. The number of carbonyl (C=O) groups is 1. The molecular formula is C18H19N5O4. The topological polar surface area (TPSA) is 111 Å². The van der Waals surface area contributed by atoms with E-state index >= 15 is 0 Å². The Kier molecular flexibility index (Phi) is 5.95. The van der Waals surface area contributed by atoms with Crippen molar-refractivity contribution in [3.63, 3.8) is 0 Å². The van der Waals surface area contributed by atoms with Crippen LogP contribution in [-0.2, 0) is 11.3 Å². The Morgan fingerprint density at radius 3 is 2.74 bits per heavy atom. The van der Waals surface area contributed by atoms with Gasteiger partial charge in [-0.15, -0.1) is 10.2 Å². The average Bonchev–Trinajstić information content (AvgIpc) is 3.15. The van der Waals surface area contributed by atoms with Gasteiger partial charge in [0.25, 0.3) is 0 Å². The molecule has 1 aromatic heterocycles. The van der Waals surface area contributed by atoms with Gasteiger partial charge in [0.1, 0.15) is 24.7 Å². The van der Waals surface area contributed by atoms with Crippen molar-refractivity contribution in [2.75, 3.05) is 25.6 Å². The maximum atomic E-state index is 12.2. The second kappa shape index (κ2) is 8.77. The molecule has 0 atom stereocenters. The highest BCUT2D eigenvalue weighted by Crippen LogP contribution is 2.19. The first-order valence-electron chi connectivity index (χ1n) is 8.24. The van der Waals surface area contributed by atoms with Crippen LogP contribution in [0.3, 0.4) is 0 Å². The molecule has 0 saturated carbocycles. The number of nitrogens with one attached hydrogen (secondary N) is 1. The first-order valence-corrected chi connectivity index (χ1v) is 8.24. The molecule has 0 aliphatic heterocycles. The largest absolute Gasteiger partial charge is 0.497 e. The molecule has 2 N–H and O–H groups in total. The SMILES string of the molecule is COc1cccc(NC(=O)Cn2nnc(-c3ccc(OCCO)cc3)n2)c1. The highest BCUT2D eigenvalue weighted by molar-refractivity contribution is 5.90. The van der Waals surface area contributed by atoms with E-state index in [0.29, 0.717) is 23.0 Å². The van der Waals surface area contributed by atoms with Crippen molar-refractivity contribution in [2.45, 2.75) is 6.54 Å². The standard InChI is InChI=1S/C18H19N5O4/c1-26-16-4-2-3-14(11-16)19-17(25)12-23-21-18(20-22-23)13-5-7-15(8-6-13)27-10-9-24/h2-8,11,24H,9-10,12H2,1H3,(H,19,25). The number of aliphatic hydroxyl groups is 1. The Balaban J connectivity index is 1.60. The summed E-state index contributed by atoms with van der Waals surface area (Å²) < 4.78 is 10.4. The molecule has 0 saturated heterocycles. The first-order chi connectivity index (χ1) is 13.2. The fraction of sp³-hybridized carbons (Fsp3) is 0.222. The van der Waals surface area contributed by atoms with Crippen LogP contribution in [0.4, 0.5) is 5.69 Å². The van der Waals surface area contributed by atoms with Crippen molar-refractivity contribution in [3.8, 4) is 22.9 Å². The Hall–Kier alpha value is -3.46. The van der Waals surface area contributed by atoms with Gasteiger partial charge in [-0.3, -0.25) is 4.79 Å². The number of aliphatic hydroxyl groups excluding tert-OH is 1. The molecule has 3 aromatic rings. The smallest absolute Gasteiger partial charge is 0.248 e. The molecule has 0 aliphatic rings. The van der Waals surface area contributed by atoms with E-state index in [1.165, 1.54) is 4.80 Å². The second-order valence-corrected chi connectivity index (χ2v) is 5.52. The van der Waals surface area contributed by atoms with Crippen molar-refractivity contribution in [1.29, 1.82) is 0 Å². The van der Waals surface area contributed by atoms with Gasteiger partial charge < -0.3 is 19.9 Å². The van der Waals surface area contributed by atoms with Crippen molar-refractivity contribution < 1.29 is 19.4 Å². The first kappa shape index (κ1) is 18.3. The summed E-state index contributed by atoms with van der Waals surface area (Å²) in [6.45, 7) is 0.119. The molecule has 0 spiro atoms. The summed E-state index contributed by atoms with van der Waals surface area (Å²) in [5.74, 6) is 1.41. The summed E-state index contributed by atoms with van der Waals surface area (Å²) in [7, 11) is 1.56. The maximum absolute atomic E-state index is 12.2. The van der Waals surface area contributed by atoms with Crippen molar-refractivity contribution in [1.82, 2.24) is 20.2 Å². The molecule has 9 nitrogen and oxygen atoms in total. The van der Waals surface area contributed by atoms with Crippen LogP contribution in [0.5, 0.6) is 11.5 Å². The van der Waals surface area contributed by atoms with Gasteiger partial charge in [0, 0.05) is 17.3 Å². The number of ether oxygens (including phenoxy) is 2. The van der Waals surface area contributed by atoms with Gasteiger partial charge in [0.15, 0.2) is 0 Å². The summed E-state index contributed by atoms with van der Waals surface area (Å²) in [5, 5.41) is 23.6. The number of aromatic nitrogens is 4. The third-order valence-corrected chi connectivity index (χ3v) is 3.56. The Bertz CT molecular complexity index is 895. The molecule has 140 valence electrons. The highest BCUT2D eigenvalue weighted by atomic mass is 16.5. The molecule has 2 aromatic carbocycles. The van der Waals surface area contributed by atoms with Gasteiger partial charge in [-0.05, 0) is 41.6 Å². The number of amides is 1. The molecule has 0 aliphatic carbocycles. The van der Waals surface area contributed by atoms with Crippen LogP contribution in [0.25, 0.3) is 11.4 Å². The van der Waals surface area contributed by atoms with Crippen molar-refractivity contribution in [3.05, 3.63) is 48.5 Å². The van der Waals surface area contributed by atoms with E-state index in [-0.39, 0.29) is 25.7 Å². The fourth-order valence-electron chi connectivity index (χ4n) is 2.32. The number of nitrogens with zero attached hydrogens (tertiary/aromatic N) is 4. The van der Waals surface area contributed by atoms with Gasteiger partial charge in [-0.2, -0.15) is 4.80 Å². The molecule has 0 bridgehead atoms. The maximum Gasteiger partial charge on any atom is 0.248 e. The monoisotopic (exact) mass is 369 g/mol. The lowest BCUT2D eigenvalue weighted by molar-refractivity contribution is -0.117. The van der Waals surface area contributed by atoms with E-state index < -0.39 is 0 Å². The number of methoxy groups -OCH3 is 1. The Morgan fingerprint density at radius 2 is 2.00 bits per heavy atom. The number of benzene rings is 2. The minimum absolute atomic E-state index is 0.0462. The summed E-state index contributed by atoms with van der Waals surface area (Å²) >= 11 is 0. The van der Waals surface area contributed by atoms with Crippen LogP contribution in [0.2, 0.25) is 0 Å².